The number of nitrogens with zero attached hydrogens (tertiary/aromatic N) is 1. The summed E-state index contributed by atoms with van der Waals surface area (Å²) in [6.45, 7) is 0.703. The Labute approximate surface area is 159 Å². The van der Waals surface area contributed by atoms with Crippen LogP contribution in [0.25, 0.3) is 33.6 Å². The fourth-order valence-electron chi connectivity index (χ4n) is 3.76. The first kappa shape index (κ1) is 15.8. The van der Waals surface area contributed by atoms with Gasteiger partial charge in [0.1, 0.15) is 5.75 Å². The van der Waals surface area contributed by atoms with Crippen LogP contribution in [0.4, 0.5) is 0 Å². The minimum Gasteiger partial charge on any atom is -0.492 e. The maximum atomic E-state index is 6.17. The highest BCUT2D eigenvalue weighted by Gasteiger charge is 2.27. The van der Waals surface area contributed by atoms with Gasteiger partial charge in [0.25, 0.3) is 0 Å². The Bertz CT molecular complexity index is 1070. The van der Waals surface area contributed by atoms with Gasteiger partial charge in [-0.2, -0.15) is 0 Å². The number of pyridine rings is 1. The van der Waals surface area contributed by atoms with E-state index in [9.17, 15) is 0 Å². The van der Waals surface area contributed by atoms with Crippen molar-refractivity contribution < 1.29 is 4.74 Å². The molecule has 2 nitrogen and oxygen atoms in total. The maximum absolute atomic E-state index is 6.17. The van der Waals surface area contributed by atoms with Gasteiger partial charge >= 0.3 is 0 Å². The van der Waals surface area contributed by atoms with Gasteiger partial charge in [0.2, 0.25) is 0 Å². The molecule has 2 heterocycles. The van der Waals surface area contributed by atoms with Gasteiger partial charge in [-0.3, -0.25) is 0 Å². The fourth-order valence-corrected chi connectivity index (χ4v) is 3.76. The monoisotopic (exact) mass is 349 g/mol. The zero-order chi connectivity index (χ0) is 18.1. The van der Waals surface area contributed by atoms with Crippen LogP contribution >= 0.6 is 0 Å². The van der Waals surface area contributed by atoms with Crippen molar-refractivity contribution in [2.75, 3.05) is 6.61 Å². The van der Waals surface area contributed by atoms with Gasteiger partial charge < -0.3 is 4.74 Å². The molecule has 2 heteroatoms. The summed E-state index contributed by atoms with van der Waals surface area (Å²) >= 11 is 0. The summed E-state index contributed by atoms with van der Waals surface area (Å²) in [6.07, 6.45) is 0.890. The van der Waals surface area contributed by atoms with Crippen LogP contribution in [-0.2, 0) is 6.42 Å². The largest absolute Gasteiger partial charge is 0.492 e. The lowest BCUT2D eigenvalue weighted by Gasteiger charge is -2.17. The summed E-state index contributed by atoms with van der Waals surface area (Å²) in [4.78, 5) is 5.18. The van der Waals surface area contributed by atoms with Crippen LogP contribution in [0.2, 0.25) is 0 Å². The van der Waals surface area contributed by atoms with Crippen molar-refractivity contribution in [2.24, 2.45) is 0 Å². The van der Waals surface area contributed by atoms with E-state index in [-0.39, 0.29) is 0 Å². The Morgan fingerprint density at radius 1 is 0.593 bits per heavy atom. The predicted octanol–water partition coefficient (Wildman–Crippen LogP) is 6.02. The first-order valence-corrected chi connectivity index (χ1v) is 9.28. The third-order valence-corrected chi connectivity index (χ3v) is 5.00. The molecular formula is C25H19NO. The average molecular weight is 349 g/mol. The van der Waals surface area contributed by atoms with Gasteiger partial charge in [0.05, 0.1) is 23.6 Å². The highest BCUT2D eigenvalue weighted by molar-refractivity contribution is 5.89. The van der Waals surface area contributed by atoms with Crippen LogP contribution in [0.5, 0.6) is 5.75 Å². The first-order valence-electron chi connectivity index (χ1n) is 9.28. The van der Waals surface area contributed by atoms with Gasteiger partial charge in [-0.25, -0.2) is 4.98 Å². The number of rotatable bonds is 3. The lowest BCUT2D eigenvalue weighted by Crippen LogP contribution is -1.98. The van der Waals surface area contributed by atoms with Crippen molar-refractivity contribution in [2.45, 2.75) is 6.42 Å². The van der Waals surface area contributed by atoms with E-state index in [0.29, 0.717) is 6.61 Å². The molecular weight excluding hydrogens is 330 g/mol. The summed E-state index contributed by atoms with van der Waals surface area (Å²) in [5.74, 6) is 0.980. The molecule has 1 aromatic heterocycles. The third kappa shape index (κ3) is 2.80. The van der Waals surface area contributed by atoms with E-state index in [1.807, 2.05) is 18.2 Å². The zero-order valence-electron chi connectivity index (χ0n) is 14.9. The van der Waals surface area contributed by atoms with Crippen LogP contribution in [-0.4, -0.2) is 11.6 Å². The lowest BCUT2D eigenvalue weighted by atomic mass is 9.93. The Morgan fingerprint density at radius 2 is 1.11 bits per heavy atom. The maximum Gasteiger partial charge on any atom is 0.134 e. The van der Waals surface area contributed by atoms with Crippen molar-refractivity contribution in [1.29, 1.82) is 0 Å². The SMILES string of the molecule is c1ccc(-c2nc(-c3ccccc3)c(-c3ccccc3)c3c2CCO3)cc1. The molecule has 0 amide bonds. The van der Waals surface area contributed by atoms with Gasteiger partial charge in [-0.05, 0) is 5.56 Å². The van der Waals surface area contributed by atoms with Gasteiger partial charge in [-0.15, -0.1) is 0 Å². The molecule has 5 rings (SSSR count). The number of fused-ring (bicyclic) bond motifs is 1. The minimum atomic E-state index is 0.703. The Morgan fingerprint density at radius 3 is 1.70 bits per heavy atom. The highest BCUT2D eigenvalue weighted by atomic mass is 16.5. The van der Waals surface area contributed by atoms with E-state index >= 15 is 0 Å². The lowest BCUT2D eigenvalue weighted by molar-refractivity contribution is 0.358. The molecule has 0 fully saturated rings. The molecule has 1 aliphatic heterocycles. The van der Waals surface area contributed by atoms with Crippen LogP contribution < -0.4 is 4.74 Å². The number of benzene rings is 3. The number of aromatic nitrogens is 1. The molecule has 27 heavy (non-hydrogen) atoms. The van der Waals surface area contributed by atoms with Crippen molar-refractivity contribution in [3.63, 3.8) is 0 Å². The standard InChI is InChI=1S/C25H19NO/c1-4-10-18(11-5-1)22-24(20-14-8-3-9-15-20)26-23(19-12-6-2-7-13-19)21-16-17-27-25(21)22/h1-15H,16-17H2. The van der Waals surface area contributed by atoms with E-state index < -0.39 is 0 Å². The second-order valence-corrected chi connectivity index (χ2v) is 6.69. The van der Waals surface area contributed by atoms with Crippen molar-refractivity contribution in [3.8, 4) is 39.4 Å². The molecule has 0 bridgehead atoms. The molecule has 1 aliphatic rings. The normalized spacial score (nSPS) is 12.4. The third-order valence-electron chi connectivity index (χ3n) is 5.00. The quantitative estimate of drug-likeness (QED) is 0.451. The molecule has 0 radical (unpaired) electrons. The summed E-state index contributed by atoms with van der Waals surface area (Å²) in [5, 5.41) is 0. The number of hydrogen-bond donors (Lipinski definition) is 0. The van der Waals surface area contributed by atoms with Crippen LogP contribution in [0.15, 0.2) is 91.0 Å². The summed E-state index contributed by atoms with van der Waals surface area (Å²) in [7, 11) is 0. The van der Waals surface area contributed by atoms with E-state index in [4.69, 9.17) is 9.72 Å². The van der Waals surface area contributed by atoms with Crippen molar-refractivity contribution >= 4 is 0 Å². The van der Waals surface area contributed by atoms with E-state index in [1.165, 1.54) is 5.56 Å². The number of hydrogen-bond acceptors (Lipinski definition) is 2. The van der Waals surface area contributed by atoms with E-state index in [0.717, 1.165) is 45.8 Å². The molecule has 0 saturated heterocycles. The molecule has 0 unspecified atom stereocenters. The Balaban J connectivity index is 1.85. The van der Waals surface area contributed by atoms with Gasteiger partial charge in [-0.1, -0.05) is 91.0 Å². The molecule has 0 N–H and O–H groups in total. The Hall–Kier alpha value is -3.39. The van der Waals surface area contributed by atoms with Crippen molar-refractivity contribution in [3.05, 3.63) is 96.6 Å². The molecule has 0 aliphatic carbocycles. The van der Waals surface area contributed by atoms with E-state index in [2.05, 4.69) is 72.8 Å². The van der Waals surface area contributed by atoms with E-state index in [1.54, 1.807) is 0 Å². The molecule has 130 valence electrons. The summed E-state index contributed by atoms with van der Waals surface area (Å²) < 4.78 is 6.17. The molecule has 0 atom stereocenters. The van der Waals surface area contributed by atoms with Gasteiger partial charge in [0, 0.05) is 23.1 Å². The van der Waals surface area contributed by atoms with Gasteiger partial charge in [0.15, 0.2) is 0 Å². The zero-order valence-corrected chi connectivity index (χ0v) is 14.9. The molecule has 0 spiro atoms. The molecule has 4 aromatic rings. The Kier molecular flexibility index (Phi) is 3.95. The first-order chi connectivity index (χ1) is 13.4. The van der Waals surface area contributed by atoms with Crippen LogP contribution in [0.3, 0.4) is 0 Å². The van der Waals surface area contributed by atoms with Crippen LogP contribution in [0, 0.1) is 0 Å². The predicted molar refractivity (Wildman–Crippen MR) is 110 cm³/mol. The molecule has 0 saturated carbocycles. The second kappa shape index (κ2) is 6.73. The second-order valence-electron chi connectivity index (χ2n) is 6.69. The fraction of sp³-hybridized carbons (Fsp3) is 0.0800. The number of ether oxygens (including phenoxy) is 1. The summed E-state index contributed by atoms with van der Waals surface area (Å²) in [5.41, 5.74) is 7.68. The summed E-state index contributed by atoms with van der Waals surface area (Å²) in [6, 6.07) is 31.2. The topological polar surface area (TPSA) is 22.1 Å². The average Bonchev–Trinajstić information content (AvgIpc) is 3.24. The smallest absolute Gasteiger partial charge is 0.134 e. The highest BCUT2D eigenvalue weighted by Crippen LogP contribution is 2.46. The van der Waals surface area contributed by atoms with Crippen molar-refractivity contribution in [1.82, 2.24) is 4.98 Å². The van der Waals surface area contributed by atoms with Crippen LogP contribution in [0.1, 0.15) is 5.56 Å². The minimum absolute atomic E-state index is 0.703. The molecule has 3 aromatic carbocycles.